The highest BCUT2D eigenvalue weighted by Gasteiger charge is 2.41. The first-order valence-corrected chi connectivity index (χ1v) is 9.54. The fraction of sp³-hybridized carbons (Fsp3) is 0.737. The van der Waals surface area contributed by atoms with Gasteiger partial charge in [0.1, 0.15) is 0 Å². The molecular weight excluding hydrogens is 334 g/mol. The lowest BCUT2D eigenvalue weighted by Gasteiger charge is -2.35. The first kappa shape index (κ1) is 18.9. The van der Waals surface area contributed by atoms with E-state index in [-0.39, 0.29) is 17.9 Å². The lowest BCUT2D eigenvalue weighted by Crippen LogP contribution is -2.43. The van der Waals surface area contributed by atoms with Gasteiger partial charge in [0, 0.05) is 31.9 Å². The van der Waals surface area contributed by atoms with Crippen molar-refractivity contribution >= 4 is 11.9 Å². The maximum Gasteiger partial charge on any atom is 0.309 e. The average Bonchev–Trinajstić information content (AvgIpc) is 3.22. The molecule has 0 aromatic carbocycles. The highest BCUT2D eigenvalue weighted by molar-refractivity contribution is 5.95. The van der Waals surface area contributed by atoms with Crippen molar-refractivity contribution in [1.82, 2.24) is 14.7 Å². The van der Waals surface area contributed by atoms with Crippen LogP contribution in [-0.4, -0.2) is 57.5 Å². The molecule has 1 aromatic heterocycles. The van der Waals surface area contributed by atoms with Crippen molar-refractivity contribution < 1.29 is 19.4 Å². The summed E-state index contributed by atoms with van der Waals surface area (Å²) in [6.07, 6.45) is 3.64. The molecule has 0 aliphatic carbocycles. The minimum absolute atomic E-state index is 0.0260. The average molecular weight is 363 g/mol. The van der Waals surface area contributed by atoms with Gasteiger partial charge in [0.15, 0.2) is 0 Å². The van der Waals surface area contributed by atoms with Crippen LogP contribution in [0.15, 0.2) is 6.20 Å². The van der Waals surface area contributed by atoms with E-state index >= 15 is 0 Å². The Labute approximate surface area is 154 Å². The van der Waals surface area contributed by atoms with Crippen LogP contribution >= 0.6 is 0 Å². The number of hydrogen-bond donors (Lipinski definition) is 1. The minimum atomic E-state index is -0.765. The topological polar surface area (TPSA) is 84.7 Å². The number of aliphatic carboxylic acids is 1. The molecule has 0 radical (unpaired) electrons. The molecule has 26 heavy (non-hydrogen) atoms. The van der Waals surface area contributed by atoms with Gasteiger partial charge in [-0.25, -0.2) is 0 Å². The summed E-state index contributed by atoms with van der Waals surface area (Å²) in [6, 6.07) is 0. The van der Waals surface area contributed by atoms with Crippen LogP contribution in [0.25, 0.3) is 0 Å². The zero-order valence-electron chi connectivity index (χ0n) is 15.9. The molecule has 2 atom stereocenters. The molecule has 3 heterocycles. The molecule has 1 aromatic rings. The first-order valence-electron chi connectivity index (χ1n) is 9.54. The molecule has 2 saturated heterocycles. The number of aromatic nitrogens is 2. The summed E-state index contributed by atoms with van der Waals surface area (Å²) in [5, 5.41) is 13.7. The van der Waals surface area contributed by atoms with Crippen molar-refractivity contribution in [1.29, 1.82) is 0 Å². The van der Waals surface area contributed by atoms with Gasteiger partial charge in [-0.05, 0) is 38.0 Å². The molecule has 1 unspecified atom stereocenters. The zero-order chi connectivity index (χ0) is 18.8. The van der Waals surface area contributed by atoms with Crippen LogP contribution in [0, 0.1) is 24.7 Å². The van der Waals surface area contributed by atoms with E-state index in [0.29, 0.717) is 37.6 Å². The highest BCUT2D eigenvalue weighted by atomic mass is 16.5. The predicted molar refractivity (Wildman–Crippen MR) is 95.9 cm³/mol. The van der Waals surface area contributed by atoms with Gasteiger partial charge < -0.3 is 14.7 Å². The van der Waals surface area contributed by atoms with Crippen molar-refractivity contribution in [3.05, 3.63) is 17.5 Å². The fourth-order valence-electron chi connectivity index (χ4n) is 4.13. The number of likely N-dealkylation sites (tertiary alicyclic amines) is 1. The maximum absolute atomic E-state index is 12.9. The Bertz CT molecular complexity index is 662. The quantitative estimate of drug-likeness (QED) is 0.867. The summed E-state index contributed by atoms with van der Waals surface area (Å²) in [4.78, 5) is 26.1. The number of carboxylic acid groups (broad SMARTS) is 1. The number of rotatable bonds is 5. The molecular formula is C19H29N3O4. The van der Waals surface area contributed by atoms with Crippen LogP contribution < -0.4 is 0 Å². The van der Waals surface area contributed by atoms with Crippen molar-refractivity contribution in [2.45, 2.75) is 52.7 Å². The summed E-state index contributed by atoms with van der Waals surface area (Å²) >= 11 is 0. The molecule has 0 saturated carbocycles. The summed E-state index contributed by atoms with van der Waals surface area (Å²) in [6.45, 7) is 8.81. The third kappa shape index (κ3) is 3.77. The van der Waals surface area contributed by atoms with Crippen LogP contribution in [-0.2, 0) is 16.1 Å². The third-order valence-corrected chi connectivity index (χ3v) is 5.62. The van der Waals surface area contributed by atoms with E-state index in [9.17, 15) is 14.7 Å². The van der Waals surface area contributed by atoms with E-state index in [4.69, 9.17) is 4.74 Å². The van der Waals surface area contributed by atoms with Gasteiger partial charge in [-0.2, -0.15) is 5.10 Å². The molecule has 0 bridgehead atoms. The van der Waals surface area contributed by atoms with Gasteiger partial charge in [0.25, 0.3) is 5.91 Å². The number of nitrogens with zero attached hydrogens (tertiary/aromatic N) is 3. The summed E-state index contributed by atoms with van der Waals surface area (Å²) in [5.74, 6) is -0.454. The number of carboxylic acids is 1. The Balaban J connectivity index is 1.60. The number of ether oxygens (including phenoxy) is 1. The van der Waals surface area contributed by atoms with Crippen molar-refractivity contribution in [3.63, 3.8) is 0 Å². The molecule has 1 amide bonds. The van der Waals surface area contributed by atoms with E-state index in [1.807, 2.05) is 16.5 Å². The predicted octanol–water partition coefficient (Wildman–Crippen LogP) is 2.19. The van der Waals surface area contributed by atoms with Gasteiger partial charge in [-0.3, -0.25) is 14.3 Å². The number of carbonyl (C=O) groups is 2. The molecule has 3 rings (SSSR count). The van der Waals surface area contributed by atoms with Gasteiger partial charge in [0.05, 0.1) is 23.8 Å². The van der Waals surface area contributed by atoms with Crippen LogP contribution in [0.4, 0.5) is 0 Å². The largest absolute Gasteiger partial charge is 0.481 e. The minimum Gasteiger partial charge on any atom is -0.481 e. The maximum atomic E-state index is 12.9. The van der Waals surface area contributed by atoms with Gasteiger partial charge in [-0.1, -0.05) is 13.8 Å². The number of carbonyl (C=O) groups excluding carboxylic acids is 1. The van der Waals surface area contributed by atoms with E-state index in [2.05, 4.69) is 18.9 Å². The lowest BCUT2D eigenvalue weighted by molar-refractivity contribution is -0.145. The molecule has 7 heteroatoms. The lowest BCUT2D eigenvalue weighted by atomic mass is 9.84. The van der Waals surface area contributed by atoms with E-state index < -0.39 is 11.9 Å². The second kappa shape index (κ2) is 7.78. The third-order valence-electron chi connectivity index (χ3n) is 5.62. The summed E-state index contributed by atoms with van der Waals surface area (Å²) in [7, 11) is 0. The van der Waals surface area contributed by atoms with E-state index in [1.165, 1.54) is 0 Å². The Kier molecular flexibility index (Phi) is 5.65. The number of amides is 1. The van der Waals surface area contributed by atoms with Gasteiger partial charge >= 0.3 is 5.97 Å². The summed E-state index contributed by atoms with van der Waals surface area (Å²) in [5.41, 5.74) is 1.58. The normalized spacial score (nSPS) is 24.4. The Hall–Kier alpha value is -1.89. The van der Waals surface area contributed by atoms with Gasteiger partial charge in [-0.15, -0.1) is 0 Å². The molecule has 0 spiro atoms. The Morgan fingerprint density at radius 1 is 1.31 bits per heavy atom. The van der Waals surface area contributed by atoms with Crippen LogP contribution in [0.2, 0.25) is 0 Å². The second-order valence-electron chi connectivity index (χ2n) is 7.92. The van der Waals surface area contributed by atoms with Crippen LogP contribution in [0.1, 0.15) is 49.2 Å². The van der Waals surface area contributed by atoms with E-state index in [1.54, 1.807) is 6.20 Å². The SMILES string of the molecule is Cc1c(C(=O)N2CCC([C@@H]3OCCC3C(=O)O)CC2)cnn1CC(C)C. The van der Waals surface area contributed by atoms with Crippen molar-refractivity contribution in [2.75, 3.05) is 19.7 Å². The molecule has 2 aliphatic heterocycles. The highest BCUT2D eigenvalue weighted by Crippen LogP contribution is 2.33. The Morgan fingerprint density at radius 3 is 2.62 bits per heavy atom. The Morgan fingerprint density at radius 2 is 2.00 bits per heavy atom. The van der Waals surface area contributed by atoms with Gasteiger partial charge in [0.2, 0.25) is 0 Å². The molecule has 2 aliphatic rings. The van der Waals surface area contributed by atoms with Crippen LogP contribution in [0.5, 0.6) is 0 Å². The van der Waals surface area contributed by atoms with E-state index in [0.717, 1.165) is 25.1 Å². The molecule has 144 valence electrons. The standard InChI is InChI=1S/C19H29N3O4/c1-12(2)11-22-13(3)16(10-20-22)18(23)21-7-4-14(5-8-21)17-15(19(24)25)6-9-26-17/h10,12,14-15,17H,4-9,11H2,1-3H3,(H,24,25)/t15?,17-/m0/s1. The monoisotopic (exact) mass is 363 g/mol. The van der Waals surface area contributed by atoms with Crippen molar-refractivity contribution in [2.24, 2.45) is 17.8 Å². The second-order valence-corrected chi connectivity index (χ2v) is 7.92. The van der Waals surface area contributed by atoms with Crippen molar-refractivity contribution in [3.8, 4) is 0 Å². The molecule has 2 fully saturated rings. The molecule has 1 N–H and O–H groups in total. The molecule has 7 nitrogen and oxygen atoms in total. The first-order chi connectivity index (χ1) is 12.4. The fourth-order valence-corrected chi connectivity index (χ4v) is 4.13. The number of hydrogen-bond acceptors (Lipinski definition) is 4. The smallest absolute Gasteiger partial charge is 0.309 e. The zero-order valence-corrected chi connectivity index (χ0v) is 15.9. The van der Waals surface area contributed by atoms with Crippen LogP contribution in [0.3, 0.4) is 0 Å². The number of piperidine rings is 1. The summed E-state index contributed by atoms with van der Waals surface area (Å²) < 4.78 is 7.61.